The molecule has 5 atom stereocenters. The Labute approximate surface area is 176 Å². The van der Waals surface area contributed by atoms with E-state index >= 15 is 0 Å². The Hall–Kier alpha value is -2.43. The summed E-state index contributed by atoms with van der Waals surface area (Å²) in [6.07, 6.45) is -4.77. The van der Waals surface area contributed by atoms with Gasteiger partial charge in [-0.15, -0.1) is 0 Å². The van der Waals surface area contributed by atoms with Gasteiger partial charge >= 0.3 is 10.3 Å². The zero-order valence-corrected chi connectivity index (χ0v) is 17.4. The van der Waals surface area contributed by atoms with E-state index in [2.05, 4.69) is 19.1 Å². The molecule has 1 aliphatic heterocycles. The average molecular weight is 461 g/mol. The number of carbonyl (C=O) groups excluding carboxylic acids is 1. The third-order valence-corrected chi connectivity index (χ3v) is 5.48. The number of imidazole rings is 1. The number of aromatic amines is 1. The van der Waals surface area contributed by atoms with Gasteiger partial charge in [-0.1, -0.05) is 13.8 Å². The number of nitrogens with zero attached hydrogens (tertiary/aromatic N) is 3. The first kappa shape index (κ1) is 23.2. The maximum absolute atomic E-state index is 12.0. The van der Waals surface area contributed by atoms with Crippen molar-refractivity contribution in [3.63, 3.8) is 0 Å². The van der Waals surface area contributed by atoms with Gasteiger partial charge < -0.3 is 25.0 Å². The standard InChI is InChI=1S/C16H23N5O9S/c1-7(2)3-8(22)14(25)20-31(27,28)29-4-9-11(23)12(24)16(30-9)21-6-19-10-13(21)17-5-18-15(10)26/h5-9,11-12,16,22-24H,3-4H2,1-2H3,(H,20,25)(H,17,18,26)/t8-,9-,11-,12-,16-/m1/s1. The van der Waals surface area contributed by atoms with Crippen LogP contribution in [-0.2, 0) is 24.0 Å². The van der Waals surface area contributed by atoms with Gasteiger partial charge in [-0.3, -0.25) is 18.3 Å². The Bertz CT molecular complexity index is 1100. The van der Waals surface area contributed by atoms with Gasteiger partial charge in [-0.2, -0.15) is 8.42 Å². The third kappa shape index (κ3) is 5.08. The van der Waals surface area contributed by atoms with Gasteiger partial charge in [0.05, 0.1) is 19.3 Å². The molecule has 2 aromatic rings. The molecule has 15 heteroatoms. The van der Waals surface area contributed by atoms with Gasteiger partial charge in [0, 0.05) is 0 Å². The third-order valence-electron chi connectivity index (χ3n) is 4.59. The van der Waals surface area contributed by atoms with Crippen molar-refractivity contribution in [2.75, 3.05) is 6.61 Å². The molecular formula is C16H23N5O9S. The largest absolute Gasteiger partial charge is 0.387 e. The molecule has 0 unspecified atom stereocenters. The Morgan fingerprint density at radius 1 is 1.35 bits per heavy atom. The van der Waals surface area contributed by atoms with E-state index in [4.69, 9.17) is 4.74 Å². The lowest BCUT2D eigenvalue weighted by Crippen LogP contribution is -2.42. The van der Waals surface area contributed by atoms with Crippen LogP contribution in [0, 0.1) is 5.92 Å². The van der Waals surface area contributed by atoms with E-state index in [1.807, 2.05) is 0 Å². The fraction of sp³-hybridized carbons (Fsp3) is 0.625. The SMILES string of the molecule is CC(C)C[C@@H](O)C(=O)NS(=O)(=O)OC[C@H]1O[C@@H](n2cnc3c(=O)[nH]cnc32)[C@H](O)[C@@H]1O. The number of rotatable bonds is 8. The molecule has 2 aromatic heterocycles. The molecular weight excluding hydrogens is 438 g/mol. The number of H-pyrrole nitrogens is 1. The summed E-state index contributed by atoms with van der Waals surface area (Å²) >= 11 is 0. The Morgan fingerprint density at radius 2 is 2.06 bits per heavy atom. The number of hydrogen-bond donors (Lipinski definition) is 5. The molecule has 0 spiro atoms. The molecule has 1 aliphatic rings. The molecule has 0 saturated carbocycles. The Kier molecular flexibility index (Phi) is 6.73. The van der Waals surface area contributed by atoms with Gasteiger partial charge in [-0.25, -0.2) is 14.7 Å². The van der Waals surface area contributed by atoms with Crippen molar-refractivity contribution < 1.29 is 37.5 Å². The highest BCUT2D eigenvalue weighted by Gasteiger charge is 2.45. The van der Waals surface area contributed by atoms with Crippen LogP contribution < -0.4 is 10.3 Å². The molecule has 172 valence electrons. The van der Waals surface area contributed by atoms with E-state index in [1.165, 1.54) is 10.9 Å². The quantitative estimate of drug-likeness (QED) is 0.278. The lowest BCUT2D eigenvalue weighted by atomic mass is 10.1. The minimum Gasteiger partial charge on any atom is -0.387 e. The average Bonchev–Trinajstić information content (AvgIpc) is 3.22. The lowest BCUT2D eigenvalue weighted by molar-refractivity contribution is -0.128. The van der Waals surface area contributed by atoms with Crippen LogP contribution in [0.4, 0.5) is 0 Å². The number of nitrogens with one attached hydrogen (secondary N) is 2. The van der Waals surface area contributed by atoms with Crippen LogP contribution in [0.5, 0.6) is 0 Å². The fourth-order valence-corrected chi connectivity index (χ4v) is 3.83. The normalized spacial score (nSPS) is 25.2. The molecule has 5 N–H and O–H groups in total. The van der Waals surface area contributed by atoms with E-state index in [9.17, 15) is 33.3 Å². The van der Waals surface area contributed by atoms with Crippen LogP contribution in [0.25, 0.3) is 11.2 Å². The summed E-state index contributed by atoms with van der Waals surface area (Å²) in [5, 5.41) is 30.2. The molecule has 14 nitrogen and oxygen atoms in total. The summed E-state index contributed by atoms with van der Waals surface area (Å²) in [7, 11) is -4.61. The highest BCUT2D eigenvalue weighted by atomic mass is 32.2. The van der Waals surface area contributed by atoms with E-state index in [-0.39, 0.29) is 23.5 Å². The molecule has 0 bridgehead atoms. The first-order valence-corrected chi connectivity index (χ1v) is 10.7. The summed E-state index contributed by atoms with van der Waals surface area (Å²) in [5.74, 6) is -1.20. The number of carbonyl (C=O) groups is 1. The first-order chi connectivity index (χ1) is 14.5. The van der Waals surface area contributed by atoms with Crippen LogP contribution >= 0.6 is 0 Å². The molecule has 0 radical (unpaired) electrons. The predicted molar refractivity (Wildman–Crippen MR) is 103 cm³/mol. The van der Waals surface area contributed by atoms with Crippen LogP contribution in [0.1, 0.15) is 26.5 Å². The number of fused-ring (bicyclic) bond motifs is 1. The smallest absolute Gasteiger partial charge is 0.362 e. The zero-order chi connectivity index (χ0) is 22.9. The van der Waals surface area contributed by atoms with Crippen molar-refractivity contribution >= 4 is 27.4 Å². The minimum absolute atomic E-state index is 0.0160. The van der Waals surface area contributed by atoms with E-state index in [0.717, 1.165) is 6.33 Å². The van der Waals surface area contributed by atoms with Crippen molar-refractivity contribution in [3.8, 4) is 0 Å². The van der Waals surface area contributed by atoms with Gasteiger partial charge in [0.15, 0.2) is 17.4 Å². The molecule has 1 amide bonds. The molecule has 0 aromatic carbocycles. The second kappa shape index (κ2) is 8.97. The summed E-state index contributed by atoms with van der Waals surface area (Å²) in [4.78, 5) is 33.7. The van der Waals surface area contributed by atoms with Gasteiger partial charge in [0.1, 0.15) is 24.4 Å². The van der Waals surface area contributed by atoms with Crippen molar-refractivity contribution in [2.45, 2.75) is 50.9 Å². The van der Waals surface area contributed by atoms with Crippen LogP contribution in [0.2, 0.25) is 0 Å². The second-order valence-corrected chi connectivity index (χ2v) is 8.80. The molecule has 3 heterocycles. The molecule has 1 fully saturated rings. The minimum atomic E-state index is -4.61. The molecule has 3 rings (SSSR count). The fourth-order valence-electron chi connectivity index (χ4n) is 3.08. The summed E-state index contributed by atoms with van der Waals surface area (Å²) in [5.41, 5.74) is -0.448. The number of hydrogen-bond acceptors (Lipinski definition) is 11. The van der Waals surface area contributed by atoms with Crippen molar-refractivity contribution in [3.05, 3.63) is 23.0 Å². The summed E-state index contributed by atoms with van der Waals surface area (Å²) in [6, 6.07) is 0. The molecule has 31 heavy (non-hydrogen) atoms. The Morgan fingerprint density at radius 3 is 2.74 bits per heavy atom. The molecule has 1 saturated heterocycles. The number of aliphatic hydroxyl groups excluding tert-OH is 3. The maximum atomic E-state index is 12.0. The topological polar surface area (TPSA) is 206 Å². The van der Waals surface area contributed by atoms with Crippen molar-refractivity contribution in [1.29, 1.82) is 0 Å². The van der Waals surface area contributed by atoms with Crippen LogP contribution in [0.15, 0.2) is 17.4 Å². The first-order valence-electron chi connectivity index (χ1n) is 9.31. The number of aliphatic hydroxyl groups is 3. The van der Waals surface area contributed by atoms with Crippen molar-refractivity contribution in [1.82, 2.24) is 24.2 Å². The highest BCUT2D eigenvalue weighted by molar-refractivity contribution is 7.85. The second-order valence-electron chi connectivity index (χ2n) is 7.45. The Balaban J connectivity index is 1.66. The van der Waals surface area contributed by atoms with Gasteiger partial charge in [0.2, 0.25) is 0 Å². The monoisotopic (exact) mass is 461 g/mol. The summed E-state index contributed by atoms with van der Waals surface area (Å²) in [6.45, 7) is 2.76. The van der Waals surface area contributed by atoms with Gasteiger partial charge in [-0.05, 0) is 12.3 Å². The van der Waals surface area contributed by atoms with E-state index in [1.54, 1.807) is 18.6 Å². The summed E-state index contributed by atoms with van der Waals surface area (Å²) < 4.78 is 36.9. The van der Waals surface area contributed by atoms with Gasteiger partial charge in [0.25, 0.3) is 11.5 Å². The van der Waals surface area contributed by atoms with Crippen LogP contribution in [0.3, 0.4) is 0 Å². The van der Waals surface area contributed by atoms with E-state index < -0.39 is 59.0 Å². The number of ether oxygens (including phenoxy) is 1. The maximum Gasteiger partial charge on any atom is 0.362 e. The zero-order valence-electron chi connectivity index (χ0n) is 16.6. The number of amides is 1. The predicted octanol–water partition coefficient (Wildman–Crippen LogP) is -2.48. The number of aromatic nitrogens is 4. The van der Waals surface area contributed by atoms with Crippen molar-refractivity contribution in [2.24, 2.45) is 5.92 Å². The molecule has 0 aliphatic carbocycles. The van der Waals surface area contributed by atoms with E-state index in [0.29, 0.717) is 0 Å². The van der Waals surface area contributed by atoms with Crippen LogP contribution in [-0.4, -0.2) is 80.2 Å². The highest BCUT2D eigenvalue weighted by Crippen LogP contribution is 2.31. The lowest BCUT2D eigenvalue weighted by Gasteiger charge is -2.16.